The van der Waals surface area contributed by atoms with Crippen molar-refractivity contribution < 1.29 is 9.59 Å². The van der Waals surface area contributed by atoms with E-state index >= 15 is 0 Å². The number of hydrogen-bond acceptors (Lipinski definition) is 3. The van der Waals surface area contributed by atoms with E-state index in [1.165, 1.54) is 11.3 Å². The molecule has 0 radical (unpaired) electrons. The zero-order valence-electron chi connectivity index (χ0n) is 12.3. The molecule has 22 heavy (non-hydrogen) atoms. The Kier molecular flexibility index (Phi) is 5.74. The molecule has 0 aliphatic heterocycles. The third kappa shape index (κ3) is 4.42. The van der Waals surface area contributed by atoms with Crippen molar-refractivity contribution in [1.29, 1.82) is 0 Å². The van der Waals surface area contributed by atoms with Gasteiger partial charge in [-0.15, -0.1) is 11.3 Å². The first-order valence-electron chi connectivity index (χ1n) is 6.88. The van der Waals surface area contributed by atoms with Crippen LogP contribution in [0.5, 0.6) is 0 Å². The van der Waals surface area contributed by atoms with E-state index in [4.69, 9.17) is 0 Å². The van der Waals surface area contributed by atoms with Crippen molar-refractivity contribution in [1.82, 2.24) is 5.32 Å². The van der Waals surface area contributed by atoms with Gasteiger partial charge in [-0.25, -0.2) is 0 Å². The van der Waals surface area contributed by atoms with Gasteiger partial charge in [0.05, 0.1) is 4.88 Å². The molecule has 0 fully saturated rings. The highest BCUT2D eigenvalue weighted by molar-refractivity contribution is 9.10. The molecule has 2 N–H and O–H groups in total. The average Bonchev–Trinajstić information content (AvgIpc) is 2.98. The van der Waals surface area contributed by atoms with E-state index in [9.17, 15) is 9.59 Å². The zero-order valence-corrected chi connectivity index (χ0v) is 14.7. The van der Waals surface area contributed by atoms with Crippen molar-refractivity contribution >= 4 is 44.8 Å². The number of halogens is 1. The smallest absolute Gasteiger partial charge is 0.262 e. The van der Waals surface area contributed by atoms with Crippen LogP contribution in [0.2, 0.25) is 0 Å². The number of amides is 2. The first-order chi connectivity index (χ1) is 10.5. The maximum absolute atomic E-state index is 12.4. The number of carbonyl (C=O) groups is 2. The standard InChI is InChI=1S/C16H17BrN2O2S/c1-10(2)14(19-15(20)13-7-4-8-22-13)16(21)18-12-6-3-5-11(17)9-12/h3-10,14H,1-2H3,(H,18,21)(H,19,20)/t14-/m0/s1. The minimum Gasteiger partial charge on any atom is -0.339 e. The van der Waals surface area contributed by atoms with Crippen molar-refractivity contribution in [3.05, 3.63) is 51.1 Å². The predicted molar refractivity (Wildman–Crippen MR) is 93.2 cm³/mol. The molecule has 0 unspecified atom stereocenters. The molecule has 1 heterocycles. The number of rotatable bonds is 5. The van der Waals surface area contributed by atoms with Gasteiger partial charge in [-0.1, -0.05) is 41.9 Å². The Labute approximate surface area is 142 Å². The highest BCUT2D eigenvalue weighted by atomic mass is 79.9. The summed E-state index contributed by atoms with van der Waals surface area (Å²) in [5.74, 6) is -0.466. The van der Waals surface area contributed by atoms with Crippen molar-refractivity contribution in [2.24, 2.45) is 5.92 Å². The molecule has 0 spiro atoms. The molecule has 4 nitrogen and oxygen atoms in total. The largest absolute Gasteiger partial charge is 0.339 e. The van der Waals surface area contributed by atoms with Crippen LogP contribution >= 0.6 is 27.3 Å². The van der Waals surface area contributed by atoms with E-state index in [1.54, 1.807) is 12.1 Å². The summed E-state index contributed by atoms with van der Waals surface area (Å²) >= 11 is 4.72. The molecule has 0 aliphatic carbocycles. The normalized spacial score (nSPS) is 12.0. The number of anilines is 1. The molecule has 116 valence electrons. The monoisotopic (exact) mass is 380 g/mol. The van der Waals surface area contributed by atoms with Crippen LogP contribution in [0.1, 0.15) is 23.5 Å². The lowest BCUT2D eigenvalue weighted by atomic mass is 10.0. The summed E-state index contributed by atoms with van der Waals surface area (Å²) in [7, 11) is 0. The molecule has 1 aromatic heterocycles. The number of thiophene rings is 1. The molecule has 0 bridgehead atoms. The summed E-state index contributed by atoms with van der Waals surface area (Å²) in [6.45, 7) is 3.81. The van der Waals surface area contributed by atoms with Gasteiger partial charge < -0.3 is 10.6 Å². The van der Waals surface area contributed by atoms with Gasteiger partial charge in [0.25, 0.3) is 5.91 Å². The van der Waals surface area contributed by atoms with Crippen LogP contribution in [0.3, 0.4) is 0 Å². The molecular formula is C16H17BrN2O2S. The number of nitrogens with one attached hydrogen (secondary N) is 2. The van der Waals surface area contributed by atoms with E-state index < -0.39 is 6.04 Å². The van der Waals surface area contributed by atoms with Gasteiger partial charge in [0, 0.05) is 10.2 Å². The van der Waals surface area contributed by atoms with Gasteiger partial charge in [-0.05, 0) is 35.6 Å². The topological polar surface area (TPSA) is 58.2 Å². The zero-order chi connectivity index (χ0) is 16.1. The first-order valence-corrected chi connectivity index (χ1v) is 8.55. The van der Waals surface area contributed by atoms with Gasteiger partial charge in [0.2, 0.25) is 5.91 Å². The highest BCUT2D eigenvalue weighted by Gasteiger charge is 2.25. The maximum Gasteiger partial charge on any atom is 0.262 e. The lowest BCUT2D eigenvalue weighted by Gasteiger charge is -2.21. The lowest BCUT2D eigenvalue weighted by molar-refractivity contribution is -0.118. The van der Waals surface area contributed by atoms with E-state index in [2.05, 4.69) is 26.6 Å². The molecule has 2 amide bonds. The first kappa shape index (κ1) is 16.7. The van der Waals surface area contributed by atoms with Crippen molar-refractivity contribution in [3.63, 3.8) is 0 Å². The summed E-state index contributed by atoms with van der Waals surface area (Å²) in [5, 5.41) is 7.47. The summed E-state index contributed by atoms with van der Waals surface area (Å²) in [6.07, 6.45) is 0. The third-order valence-corrected chi connectivity index (χ3v) is 4.43. The molecule has 2 aromatic rings. The SMILES string of the molecule is CC(C)[C@H](NC(=O)c1cccs1)C(=O)Nc1cccc(Br)c1. The summed E-state index contributed by atoms with van der Waals surface area (Å²) < 4.78 is 0.883. The molecule has 0 saturated carbocycles. The molecule has 1 atom stereocenters. The Morgan fingerprint density at radius 1 is 1.18 bits per heavy atom. The number of hydrogen-bond donors (Lipinski definition) is 2. The Hall–Kier alpha value is -1.66. The van der Waals surface area contributed by atoms with Crippen LogP contribution in [-0.2, 0) is 4.79 Å². The molecule has 2 rings (SSSR count). The molecule has 0 aliphatic rings. The molecule has 0 saturated heterocycles. The van der Waals surface area contributed by atoms with Crippen LogP contribution in [-0.4, -0.2) is 17.9 Å². The van der Waals surface area contributed by atoms with Crippen LogP contribution in [0.15, 0.2) is 46.3 Å². The van der Waals surface area contributed by atoms with E-state index in [0.29, 0.717) is 10.6 Å². The minimum absolute atomic E-state index is 0.0175. The molecular weight excluding hydrogens is 364 g/mol. The Morgan fingerprint density at radius 2 is 1.95 bits per heavy atom. The second kappa shape index (κ2) is 7.56. The molecule has 6 heteroatoms. The summed E-state index contributed by atoms with van der Waals surface area (Å²) in [6, 6.07) is 10.3. The van der Waals surface area contributed by atoms with Gasteiger partial charge in [-0.3, -0.25) is 9.59 Å². The Morgan fingerprint density at radius 3 is 2.55 bits per heavy atom. The number of carbonyl (C=O) groups excluding carboxylic acids is 2. The van der Waals surface area contributed by atoms with Gasteiger partial charge in [0.15, 0.2) is 0 Å². The fourth-order valence-corrected chi connectivity index (χ4v) is 2.97. The summed E-state index contributed by atoms with van der Waals surface area (Å²) in [5.41, 5.74) is 0.690. The van der Waals surface area contributed by atoms with Crippen molar-refractivity contribution in [3.8, 4) is 0 Å². The van der Waals surface area contributed by atoms with Crippen molar-refractivity contribution in [2.45, 2.75) is 19.9 Å². The van der Waals surface area contributed by atoms with Gasteiger partial charge >= 0.3 is 0 Å². The van der Waals surface area contributed by atoms with E-state index in [1.807, 2.05) is 43.5 Å². The third-order valence-electron chi connectivity index (χ3n) is 3.07. The van der Waals surface area contributed by atoms with E-state index in [-0.39, 0.29) is 17.7 Å². The second-order valence-electron chi connectivity index (χ2n) is 5.17. The quantitative estimate of drug-likeness (QED) is 0.825. The van der Waals surface area contributed by atoms with Crippen LogP contribution in [0, 0.1) is 5.92 Å². The van der Waals surface area contributed by atoms with Gasteiger partial charge in [-0.2, -0.15) is 0 Å². The Bertz CT molecular complexity index is 656. The predicted octanol–water partition coefficient (Wildman–Crippen LogP) is 3.90. The minimum atomic E-state index is -0.589. The maximum atomic E-state index is 12.4. The fourth-order valence-electron chi connectivity index (χ4n) is 1.94. The van der Waals surface area contributed by atoms with Crippen LogP contribution < -0.4 is 10.6 Å². The second-order valence-corrected chi connectivity index (χ2v) is 7.04. The summed E-state index contributed by atoms with van der Waals surface area (Å²) in [4.78, 5) is 25.2. The number of benzene rings is 1. The van der Waals surface area contributed by atoms with Crippen molar-refractivity contribution in [2.75, 3.05) is 5.32 Å². The highest BCUT2D eigenvalue weighted by Crippen LogP contribution is 2.17. The molecule has 1 aromatic carbocycles. The fraction of sp³-hybridized carbons (Fsp3) is 0.250. The Balaban J connectivity index is 2.07. The van der Waals surface area contributed by atoms with E-state index in [0.717, 1.165) is 4.47 Å². The average molecular weight is 381 g/mol. The lowest BCUT2D eigenvalue weighted by Crippen LogP contribution is -2.46. The van der Waals surface area contributed by atoms with Gasteiger partial charge in [0.1, 0.15) is 6.04 Å². The van der Waals surface area contributed by atoms with Crippen LogP contribution in [0.4, 0.5) is 5.69 Å². The van der Waals surface area contributed by atoms with Crippen LogP contribution in [0.25, 0.3) is 0 Å².